The summed E-state index contributed by atoms with van der Waals surface area (Å²) in [6.45, 7) is 1.97. The second kappa shape index (κ2) is 5.30. The van der Waals surface area contributed by atoms with Crippen molar-refractivity contribution >= 4 is 11.9 Å². The van der Waals surface area contributed by atoms with E-state index in [1.165, 1.54) is 12.1 Å². The summed E-state index contributed by atoms with van der Waals surface area (Å²) in [5, 5.41) is 21.7. The van der Waals surface area contributed by atoms with Crippen molar-refractivity contribution in [1.82, 2.24) is 0 Å². The Labute approximate surface area is 93.5 Å². The molecule has 0 amide bonds. The zero-order valence-corrected chi connectivity index (χ0v) is 8.99. The molecule has 0 aliphatic heterocycles. The van der Waals surface area contributed by atoms with Gasteiger partial charge in [0.2, 0.25) is 0 Å². The predicted molar refractivity (Wildman–Crippen MR) is 53.7 cm³/mol. The van der Waals surface area contributed by atoms with Gasteiger partial charge in [0.15, 0.2) is 0 Å². The van der Waals surface area contributed by atoms with Crippen LogP contribution in [0.5, 0.6) is 0 Å². The highest BCUT2D eigenvalue weighted by Crippen LogP contribution is 2.16. The highest BCUT2D eigenvalue weighted by Gasteiger charge is 2.09. The standard InChI is InChI=1S/C12H14O4/c1-2-3-5-8-6-4-7-9(11(13)14)10(8)12(15)16/h4,6-7H,2-3,5H2,1H3,(H,13,14)(H,15,16)/p-2. The second-order valence-corrected chi connectivity index (χ2v) is 3.52. The summed E-state index contributed by atoms with van der Waals surface area (Å²) in [6, 6.07) is 4.34. The van der Waals surface area contributed by atoms with Crippen molar-refractivity contribution in [2.45, 2.75) is 26.2 Å². The van der Waals surface area contributed by atoms with Gasteiger partial charge in [-0.1, -0.05) is 31.5 Å². The molecule has 4 heteroatoms. The minimum atomic E-state index is -1.49. The van der Waals surface area contributed by atoms with Crippen LogP contribution < -0.4 is 10.2 Å². The normalized spacial score (nSPS) is 10.1. The molecular weight excluding hydrogens is 208 g/mol. The highest BCUT2D eigenvalue weighted by molar-refractivity contribution is 6.01. The van der Waals surface area contributed by atoms with Gasteiger partial charge >= 0.3 is 0 Å². The van der Waals surface area contributed by atoms with Crippen LogP contribution >= 0.6 is 0 Å². The summed E-state index contributed by atoms with van der Waals surface area (Å²) in [4.78, 5) is 21.7. The van der Waals surface area contributed by atoms with Gasteiger partial charge in [-0.2, -0.15) is 0 Å². The van der Waals surface area contributed by atoms with E-state index < -0.39 is 11.9 Å². The van der Waals surface area contributed by atoms with Crippen LogP contribution in [-0.4, -0.2) is 11.9 Å². The van der Waals surface area contributed by atoms with E-state index in [2.05, 4.69) is 0 Å². The Balaban J connectivity index is 3.21. The Morgan fingerprint density at radius 1 is 1.19 bits per heavy atom. The Morgan fingerprint density at radius 2 is 1.88 bits per heavy atom. The van der Waals surface area contributed by atoms with Gasteiger partial charge in [0, 0.05) is 11.1 Å². The van der Waals surface area contributed by atoms with Crippen LogP contribution in [0.4, 0.5) is 0 Å². The molecule has 16 heavy (non-hydrogen) atoms. The lowest BCUT2D eigenvalue weighted by molar-refractivity contribution is -0.259. The molecule has 0 saturated heterocycles. The number of carboxylic acids is 2. The van der Waals surface area contributed by atoms with E-state index in [4.69, 9.17) is 0 Å². The third-order valence-corrected chi connectivity index (χ3v) is 2.37. The number of rotatable bonds is 5. The van der Waals surface area contributed by atoms with Crippen molar-refractivity contribution in [3.8, 4) is 0 Å². The average molecular weight is 220 g/mol. The Morgan fingerprint density at radius 3 is 2.38 bits per heavy atom. The average Bonchev–Trinajstić information content (AvgIpc) is 2.25. The molecule has 0 aliphatic rings. The minimum absolute atomic E-state index is 0.254. The van der Waals surface area contributed by atoms with Gasteiger partial charge in [-0.25, -0.2) is 0 Å². The second-order valence-electron chi connectivity index (χ2n) is 3.52. The minimum Gasteiger partial charge on any atom is -0.545 e. The number of aryl methyl sites for hydroxylation is 1. The van der Waals surface area contributed by atoms with Crippen LogP contribution in [0.2, 0.25) is 0 Å². The molecule has 1 rings (SSSR count). The Hall–Kier alpha value is -1.84. The lowest BCUT2D eigenvalue weighted by Gasteiger charge is -2.15. The molecule has 1 aromatic rings. The molecule has 0 spiro atoms. The van der Waals surface area contributed by atoms with Crippen molar-refractivity contribution in [3.63, 3.8) is 0 Å². The molecule has 86 valence electrons. The van der Waals surface area contributed by atoms with Crippen LogP contribution in [0.15, 0.2) is 18.2 Å². The monoisotopic (exact) mass is 220 g/mol. The molecule has 0 unspecified atom stereocenters. The van der Waals surface area contributed by atoms with Crippen LogP contribution in [-0.2, 0) is 6.42 Å². The number of benzene rings is 1. The third-order valence-electron chi connectivity index (χ3n) is 2.37. The van der Waals surface area contributed by atoms with E-state index in [1.807, 2.05) is 6.92 Å². The van der Waals surface area contributed by atoms with E-state index in [1.54, 1.807) is 6.07 Å². The van der Waals surface area contributed by atoms with Gasteiger partial charge in [0.05, 0.1) is 11.9 Å². The molecule has 0 N–H and O–H groups in total. The number of hydrogen-bond acceptors (Lipinski definition) is 4. The number of carbonyl (C=O) groups excluding carboxylic acids is 2. The largest absolute Gasteiger partial charge is 0.545 e. The van der Waals surface area contributed by atoms with Crippen molar-refractivity contribution in [3.05, 3.63) is 34.9 Å². The van der Waals surface area contributed by atoms with Gasteiger partial charge in [-0.3, -0.25) is 0 Å². The number of hydrogen-bond donors (Lipinski definition) is 0. The zero-order valence-electron chi connectivity index (χ0n) is 8.99. The fourth-order valence-corrected chi connectivity index (χ4v) is 1.59. The van der Waals surface area contributed by atoms with Crippen molar-refractivity contribution < 1.29 is 19.8 Å². The molecule has 0 aliphatic carbocycles. The molecule has 0 heterocycles. The first-order valence-corrected chi connectivity index (χ1v) is 5.12. The first kappa shape index (κ1) is 12.2. The summed E-state index contributed by atoms with van der Waals surface area (Å²) >= 11 is 0. The number of aromatic carboxylic acids is 2. The van der Waals surface area contributed by atoms with Crippen molar-refractivity contribution in [2.24, 2.45) is 0 Å². The van der Waals surface area contributed by atoms with E-state index in [0.717, 1.165) is 12.8 Å². The Bertz CT molecular complexity index is 409. The molecule has 0 saturated carbocycles. The van der Waals surface area contributed by atoms with Gasteiger partial charge in [-0.05, 0) is 18.4 Å². The lowest BCUT2D eigenvalue weighted by Crippen LogP contribution is -2.31. The fourth-order valence-electron chi connectivity index (χ4n) is 1.59. The van der Waals surface area contributed by atoms with Crippen LogP contribution in [0.3, 0.4) is 0 Å². The summed E-state index contributed by atoms with van der Waals surface area (Å²) in [5.41, 5.74) is -0.0758. The highest BCUT2D eigenvalue weighted by atomic mass is 16.4. The van der Waals surface area contributed by atoms with Crippen LogP contribution in [0, 0.1) is 0 Å². The molecule has 0 aromatic heterocycles. The maximum absolute atomic E-state index is 10.9. The molecular formula is C12H12O4-2. The molecule has 0 atom stereocenters. The Kier molecular flexibility index (Phi) is 4.05. The van der Waals surface area contributed by atoms with Crippen molar-refractivity contribution in [1.29, 1.82) is 0 Å². The predicted octanol–water partition coefficient (Wildman–Crippen LogP) is -0.244. The van der Waals surface area contributed by atoms with E-state index >= 15 is 0 Å². The van der Waals surface area contributed by atoms with Gasteiger partial charge in [-0.15, -0.1) is 0 Å². The first-order valence-electron chi connectivity index (χ1n) is 5.12. The van der Waals surface area contributed by atoms with E-state index in [-0.39, 0.29) is 11.1 Å². The number of carboxylic acid groups (broad SMARTS) is 2. The molecule has 0 bridgehead atoms. The third kappa shape index (κ3) is 2.59. The summed E-state index contributed by atoms with van der Waals surface area (Å²) in [5.74, 6) is -2.96. The van der Waals surface area contributed by atoms with Crippen molar-refractivity contribution in [2.75, 3.05) is 0 Å². The topological polar surface area (TPSA) is 80.3 Å². The number of unbranched alkanes of at least 4 members (excludes halogenated alkanes) is 1. The van der Waals surface area contributed by atoms with Crippen LogP contribution in [0.1, 0.15) is 46.0 Å². The summed E-state index contributed by atoms with van der Waals surface area (Å²) in [6.07, 6.45) is 2.24. The van der Waals surface area contributed by atoms with Crippen LogP contribution in [0.25, 0.3) is 0 Å². The SMILES string of the molecule is CCCCc1cccc(C(=O)[O-])c1C(=O)[O-]. The van der Waals surface area contributed by atoms with Gasteiger partial charge in [0.25, 0.3) is 0 Å². The smallest absolute Gasteiger partial charge is 0.0724 e. The molecule has 0 fully saturated rings. The number of carbonyl (C=O) groups is 2. The maximum atomic E-state index is 10.9. The maximum Gasteiger partial charge on any atom is 0.0724 e. The van der Waals surface area contributed by atoms with E-state index in [9.17, 15) is 19.8 Å². The fraction of sp³-hybridized carbons (Fsp3) is 0.333. The first-order chi connectivity index (χ1) is 7.57. The quantitative estimate of drug-likeness (QED) is 0.685. The van der Waals surface area contributed by atoms with Gasteiger partial charge in [0.1, 0.15) is 0 Å². The summed E-state index contributed by atoms with van der Waals surface area (Å²) < 4.78 is 0. The zero-order chi connectivity index (χ0) is 12.1. The lowest BCUT2D eigenvalue weighted by atomic mass is 9.97. The van der Waals surface area contributed by atoms with E-state index in [0.29, 0.717) is 12.0 Å². The molecule has 0 radical (unpaired) electrons. The summed E-state index contributed by atoms with van der Waals surface area (Å²) in [7, 11) is 0. The molecule has 1 aromatic carbocycles. The van der Waals surface area contributed by atoms with Gasteiger partial charge < -0.3 is 19.8 Å². The molecule has 4 nitrogen and oxygen atoms in total.